The molecule has 0 amide bonds. The highest BCUT2D eigenvalue weighted by Gasteiger charge is 2.41. The molecule has 6 nitrogen and oxygen atoms in total. The number of halogens is 2. The van der Waals surface area contributed by atoms with Crippen LogP contribution in [0.15, 0.2) is 77.9 Å². The summed E-state index contributed by atoms with van der Waals surface area (Å²) < 4.78 is 18.2. The second-order valence-electron chi connectivity index (χ2n) is 8.96. The molecule has 182 valence electrons. The summed E-state index contributed by atoms with van der Waals surface area (Å²) in [6.07, 6.45) is -0.364. The van der Waals surface area contributed by atoms with E-state index in [2.05, 4.69) is 10.0 Å². The van der Waals surface area contributed by atoms with E-state index < -0.39 is 17.9 Å². The molecule has 35 heavy (non-hydrogen) atoms. The lowest BCUT2D eigenvalue weighted by molar-refractivity contribution is -0.160. The van der Waals surface area contributed by atoms with Crippen molar-refractivity contribution in [3.63, 3.8) is 0 Å². The van der Waals surface area contributed by atoms with Gasteiger partial charge in [-0.2, -0.15) is 0 Å². The lowest BCUT2D eigenvalue weighted by Crippen LogP contribution is -2.42. The van der Waals surface area contributed by atoms with E-state index in [1.165, 1.54) is 0 Å². The van der Waals surface area contributed by atoms with Crippen LogP contribution in [0.2, 0.25) is 10.0 Å². The molecular weight excluding hydrogens is 485 g/mol. The normalized spacial score (nSPS) is 18.6. The minimum Gasteiger partial charge on any atom is -0.370 e. The summed E-state index contributed by atoms with van der Waals surface area (Å²) in [4.78, 5) is 3.12. The van der Waals surface area contributed by atoms with Crippen molar-refractivity contribution in [1.82, 2.24) is 0 Å². The summed E-state index contributed by atoms with van der Waals surface area (Å²) in [5, 5.41) is 5.28. The van der Waals surface area contributed by atoms with Gasteiger partial charge in [-0.05, 0) is 66.3 Å². The largest absolute Gasteiger partial charge is 0.370 e. The van der Waals surface area contributed by atoms with Crippen LogP contribution >= 0.6 is 23.2 Å². The van der Waals surface area contributed by atoms with Gasteiger partial charge in [0, 0.05) is 15.0 Å². The predicted molar refractivity (Wildman–Crippen MR) is 138 cm³/mol. The topological polar surface area (TPSA) is 76.5 Å². The minimum absolute atomic E-state index is 0.359. The number of azide groups is 1. The zero-order valence-electron chi connectivity index (χ0n) is 19.6. The molecule has 0 aromatic heterocycles. The molecule has 0 spiro atoms. The molecule has 0 bridgehead atoms. The summed E-state index contributed by atoms with van der Waals surface area (Å²) in [7, 11) is 0. The monoisotopic (exact) mass is 511 g/mol. The maximum absolute atomic E-state index is 9.34. The first kappa shape index (κ1) is 25.5. The van der Waals surface area contributed by atoms with Gasteiger partial charge in [-0.15, -0.1) is 0 Å². The predicted octanol–water partition coefficient (Wildman–Crippen LogP) is 7.62. The van der Waals surface area contributed by atoms with Gasteiger partial charge >= 0.3 is 0 Å². The van der Waals surface area contributed by atoms with Gasteiger partial charge in [-0.1, -0.05) is 82.9 Å². The van der Waals surface area contributed by atoms with Crippen LogP contribution in [0.1, 0.15) is 25.0 Å². The van der Waals surface area contributed by atoms with Gasteiger partial charge in [0.2, 0.25) is 0 Å². The second kappa shape index (κ2) is 11.4. The molecular formula is C27H27Cl2N3O3. The smallest absolute Gasteiger partial charge is 0.163 e. The Labute approximate surface area is 215 Å². The van der Waals surface area contributed by atoms with E-state index in [4.69, 9.17) is 37.4 Å². The fourth-order valence-corrected chi connectivity index (χ4v) is 4.72. The number of rotatable bonds is 9. The Morgan fingerprint density at radius 1 is 1.00 bits per heavy atom. The Hall–Kier alpha value is -2.57. The maximum atomic E-state index is 9.34. The van der Waals surface area contributed by atoms with Crippen molar-refractivity contribution in [1.29, 1.82) is 0 Å². The third kappa shape index (κ3) is 6.98. The van der Waals surface area contributed by atoms with E-state index in [1.807, 2.05) is 80.6 Å². The number of hydrogen-bond donors (Lipinski definition) is 0. The zero-order chi connectivity index (χ0) is 24.8. The number of ether oxygens (including phenoxy) is 3. The highest BCUT2D eigenvalue weighted by atomic mass is 35.5. The van der Waals surface area contributed by atoms with Crippen molar-refractivity contribution in [2.45, 2.75) is 50.9 Å². The molecule has 0 saturated carbocycles. The minimum atomic E-state index is -0.722. The van der Waals surface area contributed by atoms with Crippen LogP contribution in [0.3, 0.4) is 0 Å². The molecule has 1 fully saturated rings. The van der Waals surface area contributed by atoms with Crippen LogP contribution in [0.5, 0.6) is 0 Å². The molecule has 1 aliphatic rings. The van der Waals surface area contributed by atoms with Crippen LogP contribution in [0.4, 0.5) is 0 Å². The zero-order valence-corrected chi connectivity index (χ0v) is 21.1. The van der Waals surface area contributed by atoms with Crippen molar-refractivity contribution in [2.75, 3.05) is 6.61 Å². The Morgan fingerprint density at radius 2 is 1.69 bits per heavy atom. The van der Waals surface area contributed by atoms with E-state index in [9.17, 15) is 5.53 Å². The fraction of sp³-hybridized carbons (Fsp3) is 0.333. The Kier molecular flexibility index (Phi) is 8.34. The molecule has 8 heteroatoms. The third-order valence-electron chi connectivity index (χ3n) is 5.86. The van der Waals surface area contributed by atoms with Crippen molar-refractivity contribution in [3.8, 4) is 11.1 Å². The lowest BCUT2D eigenvalue weighted by atomic mass is 9.96. The molecule has 0 unspecified atom stereocenters. The summed E-state index contributed by atoms with van der Waals surface area (Å²) in [6.45, 7) is 4.46. The molecule has 0 radical (unpaired) electrons. The van der Waals surface area contributed by atoms with Gasteiger partial charge in [-0.3, -0.25) is 0 Å². The van der Waals surface area contributed by atoms with Gasteiger partial charge in [0.05, 0.1) is 25.4 Å². The molecule has 0 aliphatic carbocycles. The summed E-state index contributed by atoms with van der Waals surface area (Å²) >= 11 is 12.3. The van der Waals surface area contributed by atoms with Crippen LogP contribution in [0, 0.1) is 0 Å². The quantitative estimate of drug-likeness (QED) is 0.168. The second-order valence-corrected chi connectivity index (χ2v) is 9.83. The molecule has 3 aromatic rings. The number of benzene rings is 3. The van der Waals surface area contributed by atoms with Crippen molar-refractivity contribution >= 4 is 23.2 Å². The van der Waals surface area contributed by atoms with E-state index in [-0.39, 0.29) is 6.10 Å². The van der Waals surface area contributed by atoms with E-state index in [1.54, 1.807) is 6.07 Å². The van der Waals surface area contributed by atoms with Gasteiger partial charge in [0.25, 0.3) is 0 Å². The van der Waals surface area contributed by atoms with Crippen LogP contribution in [-0.2, 0) is 27.2 Å². The molecule has 1 saturated heterocycles. The highest BCUT2D eigenvalue weighted by molar-refractivity contribution is 6.35. The first-order valence-electron chi connectivity index (χ1n) is 11.4. The summed E-state index contributed by atoms with van der Waals surface area (Å²) in [5.41, 5.74) is 13.3. The first-order valence-corrected chi connectivity index (χ1v) is 12.2. The Morgan fingerprint density at radius 3 is 2.29 bits per heavy atom. The lowest BCUT2D eigenvalue weighted by Gasteiger charge is -2.29. The Balaban J connectivity index is 1.55. The summed E-state index contributed by atoms with van der Waals surface area (Å²) in [6, 6.07) is 22.9. The van der Waals surface area contributed by atoms with Gasteiger partial charge in [0.15, 0.2) is 5.79 Å². The van der Waals surface area contributed by atoms with Crippen LogP contribution < -0.4 is 0 Å². The van der Waals surface area contributed by atoms with Gasteiger partial charge < -0.3 is 14.2 Å². The van der Waals surface area contributed by atoms with E-state index in [0.29, 0.717) is 29.7 Å². The van der Waals surface area contributed by atoms with Crippen molar-refractivity contribution in [2.24, 2.45) is 5.11 Å². The molecule has 1 heterocycles. The molecule has 1 aliphatic heterocycles. The van der Waals surface area contributed by atoms with Gasteiger partial charge in [0.1, 0.15) is 6.10 Å². The van der Waals surface area contributed by atoms with E-state index >= 15 is 0 Å². The summed E-state index contributed by atoms with van der Waals surface area (Å²) in [5.74, 6) is -0.722. The van der Waals surface area contributed by atoms with Gasteiger partial charge in [-0.25, -0.2) is 0 Å². The fourth-order valence-electron chi connectivity index (χ4n) is 4.19. The number of nitrogens with zero attached hydrogens (tertiary/aromatic N) is 3. The molecule has 0 N–H and O–H groups in total. The number of hydrogen-bond acceptors (Lipinski definition) is 4. The highest BCUT2D eigenvalue weighted by Crippen LogP contribution is 2.31. The average Bonchev–Trinajstić information content (AvgIpc) is 3.19. The van der Waals surface area contributed by atoms with Crippen LogP contribution in [0.25, 0.3) is 21.6 Å². The third-order valence-corrected chi connectivity index (χ3v) is 6.29. The molecule has 3 aromatic carbocycles. The van der Waals surface area contributed by atoms with Crippen LogP contribution in [-0.4, -0.2) is 30.6 Å². The maximum Gasteiger partial charge on any atom is 0.163 e. The molecule has 3 atom stereocenters. The van der Waals surface area contributed by atoms with Crippen molar-refractivity contribution in [3.05, 3.63) is 104 Å². The standard InChI is InChI=1S/C27H27Cl2N3O3/c1-27(2)34-17-25(35-27)26(33-16-19-6-4-3-5-7-19)24(31-32-30)12-18-8-10-20(11-9-18)21-13-22(28)15-23(29)14-21/h3-11,13-15,24-26H,12,16-17H2,1-2H3/t24-,25+,26-/m1/s1. The SMILES string of the molecule is CC1(C)OC[C@@H]([C@H](OCc2ccccc2)[C@@H](Cc2ccc(-c3cc(Cl)cc(Cl)c3)cc2)N=[N+]=[N-])O1. The first-order chi connectivity index (χ1) is 16.8. The van der Waals surface area contributed by atoms with Crippen molar-refractivity contribution < 1.29 is 14.2 Å². The molecule has 4 rings (SSSR count). The average molecular weight is 512 g/mol. The Bertz CT molecular complexity index is 1160. The van der Waals surface area contributed by atoms with E-state index in [0.717, 1.165) is 22.3 Å².